The first-order valence-electron chi connectivity index (χ1n) is 12.5. The van der Waals surface area contributed by atoms with E-state index in [4.69, 9.17) is 5.73 Å². The molecule has 5 rings (SSSR count). The lowest BCUT2D eigenvalue weighted by Crippen LogP contribution is -2.28. The molecule has 0 unspecified atom stereocenters. The molecule has 0 spiro atoms. The topological polar surface area (TPSA) is 129 Å². The Balaban J connectivity index is 1.58. The fraction of sp³-hybridized carbons (Fsp3) is 0.250. The van der Waals surface area contributed by atoms with Crippen molar-refractivity contribution in [3.8, 4) is 11.8 Å². The molecule has 5 N–H and O–H groups in total. The van der Waals surface area contributed by atoms with Crippen molar-refractivity contribution in [3.63, 3.8) is 0 Å². The van der Waals surface area contributed by atoms with E-state index in [0.29, 0.717) is 36.9 Å². The van der Waals surface area contributed by atoms with Gasteiger partial charge in [0.2, 0.25) is 0 Å². The molecule has 0 atom stereocenters. The number of benzene rings is 3. The molecule has 1 aliphatic carbocycles. The number of carbonyl (C=O) groups is 1. The van der Waals surface area contributed by atoms with E-state index >= 15 is 0 Å². The summed E-state index contributed by atoms with van der Waals surface area (Å²) in [5.74, 6) is -1.51. The molecule has 1 saturated carbocycles. The number of fused-ring (bicyclic) bond motifs is 1. The minimum Gasteiger partial charge on any atom is -0.397 e. The molecule has 4 aromatic rings. The van der Waals surface area contributed by atoms with E-state index in [-0.39, 0.29) is 40.3 Å². The van der Waals surface area contributed by atoms with Crippen LogP contribution in [0.25, 0.3) is 16.6 Å². The Bertz CT molecular complexity index is 1630. The first-order chi connectivity index (χ1) is 19.0. The highest BCUT2D eigenvalue weighted by Crippen LogP contribution is 2.38. The van der Waals surface area contributed by atoms with Crippen molar-refractivity contribution in [3.05, 3.63) is 77.2 Å². The number of aromatic nitrogens is 2. The zero-order chi connectivity index (χ0) is 28.6. The molecule has 1 fully saturated rings. The van der Waals surface area contributed by atoms with Crippen molar-refractivity contribution in [1.29, 1.82) is 5.26 Å². The van der Waals surface area contributed by atoms with Crippen molar-refractivity contribution in [2.45, 2.75) is 44.0 Å². The molecular weight excluding hydrogens is 528 g/mol. The number of nitrogens with one attached hydrogen (secondary N) is 2. The zero-order valence-electron chi connectivity index (χ0n) is 21.0. The molecule has 0 radical (unpaired) electrons. The van der Waals surface area contributed by atoms with Gasteiger partial charge in [0.25, 0.3) is 5.91 Å². The molecule has 12 heteroatoms. The van der Waals surface area contributed by atoms with Crippen molar-refractivity contribution < 1.29 is 27.5 Å². The number of alkyl halides is 3. The number of amides is 1. The largest absolute Gasteiger partial charge is 0.435 e. The molecule has 0 aliphatic heterocycles. The lowest BCUT2D eigenvalue weighted by molar-refractivity contribution is -0.140. The van der Waals surface area contributed by atoms with Gasteiger partial charge in [-0.2, -0.15) is 23.5 Å². The molecular formula is C28H24F4N6O2. The highest BCUT2D eigenvalue weighted by atomic mass is 19.4. The second-order valence-corrected chi connectivity index (χ2v) is 9.64. The number of nitrogen functional groups attached to an aromatic ring is 1. The summed E-state index contributed by atoms with van der Waals surface area (Å²) in [4.78, 5) is 13.1. The predicted molar refractivity (Wildman–Crippen MR) is 141 cm³/mol. The number of aliphatic hydroxyl groups is 1. The summed E-state index contributed by atoms with van der Waals surface area (Å²) < 4.78 is 57.2. The average Bonchev–Trinajstić information content (AvgIpc) is 3.32. The summed E-state index contributed by atoms with van der Waals surface area (Å²) in [7, 11) is 0. The second kappa shape index (κ2) is 10.5. The monoisotopic (exact) mass is 552 g/mol. The number of hydrogen-bond donors (Lipinski definition) is 4. The normalized spacial score (nSPS) is 17.4. The van der Waals surface area contributed by atoms with E-state index in [1.807, 2.05) is 0 Å². The van der Waals surface area contributed by atoms with Gasteiger partial charge in [0.1, 0.15) is 11.9 Å². The lowest BCUT2D eigenvalue weighted by Gasteiger charge is -2.27. The van der Waals surface area contributed by atoms with E-state index in [0.717, 1.165) is 16.8 Å². The second-order valence-electron chi connectivity index (χ2n) is 9.64. The molecule has 8 nitrogen and oxygen atoms in total. The quantitative estimate of drug-likeness (QED) is 0.188. The van der Waals surface area contributed by atoms with Crippen LogP contribution >= 0.6 is 0 Å². The molecule has 0 bridgehead atoms. The van der Waals surface area contributed by atoms with Gasteiger partial charge < -0.3 is 21.5 Å². The number of aliphatic hydroxyl groups excluding tert-OH is 1. The van der Waals surface area contributed by atoms with Crippen LogP contribution < -0.4 is 16.4 Å². The minimum atomic E-state index is -4.90. The molecule has 1 heterocycles. The first-order valence-corrected chi connectivity index (χ1v) is 12.5. The number of nitrogens with zero attached hydrogens (tertiary/aromatic N) is 3. The Kier molecular flexibility index (Phi) is 7.08. The van der Waals surface area contributed by atoms with Crippen LogP contribution in [-0.4, -0.2) is 32.9 Å². The fourth-order valence-corrected chi connectivity index (χ4v) is 4.91. The maximum atomic E-state index is 14.2. The van der Waals surface area contributed by atoms with Gasteiger partial charge in [-0.3, -0.25) is 4.79 Å². The summed E-state index contributed by atoms with van der Waals surface area (Å²) in [5.41, 5.74) is 5.16. The van der Waals surface area contributed by atoms with Crippen LogP contribution in [0.4, 0.5) is 34.6 Å². The van der Waals surface area contributed by atoms with Crippen LogP contribution in [0, 0.1) is 17.1 Å². The predicted octanol–water partition coefficient (Wildman–Crippen LogP) is 5.60. The van der Waals surface area contributed by atoms with E-state index < -0.39 is 29.0 Å². The number of rotatable bonds is 5. The van der Waals surface area contributed by atoms with Gasteiger partial charge >= 0.3 is 6.18 Å². The van der Waals surface area contributed by atoms with Crippen molar-refractivity contribution in [2.24, 2.45) is 0 Å². The Morgan fingerprint density at radius 1 is 1.07 bits per heavy atom. The van der Waals surface area contributed by atoms with Crippen LogP contribution in [0.1, 0.15) is 47.3 Å². The Morgan fingerprint density at radius 3 is 2.50 bits per heavy atom. The Hall–Kier alpha value is -4.63. The number of carbonyl (C=O) groups excluding carboxylic acids is 1. The molecule has 40 heavy (non-hydrogen) atoms. The number of hydrogen-bond acceptors (Lipinski definition) is 6. The van der Waals surface area contributed by atoms with Gasteiger partial charge in [0.15, 0.2) is 5.69 Å². The van der Waals surface area contributed by atoms with Crippen molar-refractivity contribution >= 4 is 33.9 Å². The van der Waals surface area contributed by atoms with Gasteiger partial charge in [-0.15, -0.1) is 0 Å². The van der Waals surface area contributed by atoms with Gasteiger partial charge in [-0.1, -0.05) is 6.07 Å². The van der Waals surface area contributed by atoms with Gasteiger partial charge in [0, 0.05) is 11.4 Å². The summed E-state index contributed by atoms with van der Waals surface area (Å²) in [5, 5.41) is 28.6. The standard InChI is InChI=1S/C28H24F4N6O2/c29-16-5-11-22(21(34)12-16)36-27(40)20-2-1-3-24-25(20)26(28(30,31)32)37-38(24)18-8-4-15(14-33)23(13-18)35-17-6-9-19(39)10-7-17/h1-5,8,11-13,17,19,35,39H,6-7,9-10,34H2,(H,36,40). The van der Waals surface area contributed by atoms with Gasteiger partial charge in [0.05, 0.1) is 45.5 Å². The number of anilines is 3. The third kappa shape index (κ3) is 5.28. The highest BCUT2D eigenvalue weighted by molar-refractivity contribution is 6.14. The van der Waals surface area contributed by atoms with E-state index in [1.165, 1.54) is 36.4 Å². The van der Waals surface area contributed by atoms with Crippen molar-refractivity contribution in [1.82, 2.24) is 9.78 Å². The third-order valence-corrected chi connectivity index (χ3v) is 6.91. The summed E-state index contributed by atoms with van der Waals surface area (Å²) in [6.45, 7) is 0. The third-order valence-electron chi connectivity index (χ3n) is 6.91. The minimum absolute atomic E-state index is 0.0138. The molecule has 3 aromatic carbocycles. The first kappa shape index (κ1) is 27.0. The maximum Gasteiger partial charge on any atom is 0.435 e. The lowest BCUT2D eigenvalue weighted by atomic mass is 9.93. The van der Waals surface area contributed by atoms with Crippen LogP contribution in [0.15, 0.2) is 54.6 Å². The van der Waals surface area contributed by atoms with Crippen LogP contribution in [0.3, 0.4) is 0 Å². The van der Waals surface area contributed by atoms with Crippen LogP contribution in [-0.2, 0) is 6.18 Å². The molecule has 0 saturated heterocycles. The van der Waals surface area contributed by atoms with E-state index in [1.54, 1.807) is 6.07 Å². The van der Waals surface area contributed by atoms with Gasteiger partial charge in [-0.25, -0.2) is 9.07 Å². The van der Waals surface area contributed by atoms with E-state index in [2.05, 4.69) is 21.8 Å². The van der Waals surface area contributed by atoms with Crippen molar-refractivity contribution in [2.75, 3.05) is 16.4 Å². The number of nitriles is 1. The number of nitrogens with two attached hydrogens (primary N) is 1. The summed E-state index contributed by atoms with van der Waals surface area (Å²) in [6.07, 6.45) is -2.71. The molecule has 206 valence electrons. The fourth-order valence-electron chi connectivity index (χ4n) is 4.91. The molecule has 1 aliphatic rings. The smallest absolute Gasteiger partial charge is 0.397 e. The van der Waals surface area contributed by atoms with Gasteiger partial charge in [-0.05, 0) is 74.2 Å². The maximum absolute atomic E-state index is 14.2. The highest BCUT2D eigenvalue weighted by Gasteiger charge is 2.39. The Labute approximate surface area is 226 Å². The van der Waals surface area contributed by atoms with Crippen LogP contribution in [0.5, 0.6) is 0 Å². The van der Waals surface area contributed by atoms with Crippen LogP contribution in [0.2, 0.25) is 0 Å². The zero-order valence-corrected chi connectivity index (χ0v) is 21.0. The van der Waals surface area contributed by atoms with E-state index in [9.17, 15) is 32.7 Å². The average molecular weight is 553 g/mol. The SMILES string of the molecule is N#Cc1ccc(-n2nc(C(F)(F)F)c3c(C(=O)Nc4ccc(F)cc4N)cccc32)cc1NC1CCC(O)CC1. The molecule has 1 amide bonds. The summed E-state index contributed by atoms with van der Waals surface area (Å²) in [6, 6.07) is 13.9. The summed E-state index contributed by atoms with van der Waals surface area (Å²) >= 11 is 0. The number of halogens is 4. The Morgan fingerprint density at radius 2 is 1.82 bits per heavy atom. The molecule has 1 aromatic heterocycles.